The Kier molecular flexibility index (Phi) is 8.00. The Morgan fingerprint density at radius 3 is 1.10 bits per heavy atom. The third-order valence-corrected chi connectivity index (χ3v) is 6.50. The Balaban J connectivity index is 3.08. The molecule has 0 saturated carbocycles. The monoisotopic (exact) mass is 406 g/mol. The van der Waals surface area contributed by atoms with Gasteiger partial charge in [0.2, 0.25) is 0 Å². The van der Waals surface area contributed by atoms with Crippen LogP contribution < -0.4 is 0 Å². The van der Waals surface area contributed by atoms with Crippen molar-refractivity contribution < 1.29 is 0 Å². The Morgan fingerprint density at radius 1 is 0.400 bits per heavy atom. The normalized spacial score (nSPS) is 12.5. The number of hydrogen-bond acceptors (Lipinski definition) is 0. The highest BCUT2D eigenvalue weighted by atomic mass is 14.3. The SMILES string of the molecule is CC(C)c1cc(C(C)C)c(-c2cc(C(C)C)cc(C(C)C)c2C(C)C)c(C(C)C)c1. The van der Waals surface area contributed by atoms with Gasteiger partial charge in [0.15, 0.2) is 0 Å². The van der Waals surface area contributed by atoms with Crippen molar-refractivity contribution in [2.45, 2.75) is 119 Å². The zero-order valence-corrected chi connectivity index (χ0v) is 21.8. The fourth-order valence-electron chi connectivity index (χ4n) is 4.63. The third-order valence-electron chi connectivity index (χ3n) is 6.50. The smallest absolute Gasteiger partial charge is 0.0111 e. The molecule has 0 spiro atoms. The molecule has 0 aliphatic carbocycles. The maximum Gasteiger partial charge on any atom is -0.0111 e. The summed E-state index contributed by atoms with van der Waals surface area (Å²) in [5, 5.41) is 0. The van der Waals surface area contributed by atoms with E-state index in [1.54, 1.807) is 5.56 Å². The van der Waals surface area contributed by atoms with Crippen LogP contribution in [0.4, 0.5) is 0 Å². The summed E-state index contributed by atoms with van der Waals surface area (Å²) in [6.07, 6.45) is 0. The quantitative estimate of drug-likeness (QED) is 0.429. The van der Waals surface area contributed by atoms with Gasteiger partial charge in [0, 0.05) is 0 Å². The minimum Gasteiger partial charge on any atom is -0.0587 e. The molecule has 2 aromatic carbocycles. The molecule has 0 amide bonds. The van der Waals surface area contributed by atoms with Crippen molar-refractivity contribution in [2.75, 3.05) is 0 Å². The first-order valence-corrected chi connectivity index (χ1v) is 12.2. The molecular formula is C30H46. The highest BCUT2D eigenvalue weighted by Gasteiger charge is 2.24. The Hall–Kier alpha value is -1.56. The van der Waals surface area contributed by atoms with Gasteiger partial charge in [0.1, 0.15) is 0 Å². The Labute approximate surface area is 187 Å². The lowest BCUT2D eigenvalue weighted by molar-refractivity contribution is 0.775. The van der Waals surface area contributed by atoms with Crippen molar-refractivity contribution in [1.29, 1.82) is 0 Å². The van der Waals surface area contributed by atoms with Gasteiger partial charge in [-0.15, -0.1) is 0 Å². The molecule has 0 nitrogen and oxygen atoms in total. The molecule has 0 heteroatoms. The van der Waals surface area contributed by atoms with Crippen LogP contribution in [0.15, 0.2) is 24.3 Å². The summed E-state index contributed by atoms with van der Waals surface area (Å²) in [6, 6.07) is 10.0. The van der Waals surface area contributed by atoms with E-state index in [0.717, 1.165) is 0 Å². The van der Waals surface area contributed by atoms with E-state index in [1.165, 1.54) is 38.9 Å². The summed E-state index contributed by atoms with van der Waals surface area (Å²) >= 11 is 0. The van der Waals surface area contributed by atoms with Crippen molar-refractivity contribution >= 4 is 0 Å². The van der Waals surface area contributed by atoms with E-state index >= 15 is 0 Å². The number of benzene rings is 2. The van der Waals surface area contributed by atoms with E-state index in [9.17, 15) is 0 Å². The van der Waals surface area contributed by atoms with Crippen molar-refractivity contribution in [3.05, 3.63) is 57.6 Å². The molecule has 0 radical (unpaired) electrons. The molecule has 30 heavy (non-hydrogen) atoms. The van der Waals surface area contributed by atoms with E-state index in [2.05, 4.69) is 107 Å². The zero-order valence-electron chi connectivity index (χ0n) is 21.8. The fourth-order valence-corrected chi connectivity index (χ4v) is 4.63. The summed E-state index contributed by atoms with van der Waals surface area (Å²) in [6.45, 7) is 28.2. The second kappa shape index (κ2) is 9.71. The first-order chi connectivity index (χ1) is 13.9. The van der Waals surface area contributed by atoms with Gasteiger partial charge in [-0.2, -0.15) is 0 Å². The molecule has 0 saturated heterocycles. The molecule has 166 valence electrons. The summed E-state index contributed by atoms with van der Waals surface area (Å²) < 4.78 is 0. The van der Waals surface area contributed by atoms with Crippen LogP contribution in [-0.4, -0.2) is 0 Å². The fraction of sp³-hybridized carbons (Fsp3) is 0.600. The molecule has 0 aliphatic heterocycles. The van der Waals surface area contributed by atoms with Crippen molar-refractivity contribution in [1.82, 2.24) is 0 Å². The lowest BCUT2D eigenvalue weighted by atomic mass is 9.76. The van der Waals surface area contributed by atoms with Gasteiger partial charge in [-0.05, 0) is 80.0 Å². The molecule has 0 heterocycles. The molecule has 0 fully saturated rings. The maximum atomic E-state index is 2.52. The predicted molar refractivity (Wildman–Crippen MR) is 136 cm³/mol. The van der Waals surface area contributed by atoms with E-state index in [4.69, 9.17) is 0 Å². The van der Waals surface area contributed by atoms with Gasteiger partial charge in [-0.1, -0.05) is 107 Å². The third kappa shape index (κ3) is 5.01. The molecule has 0 N–H and O–H groups in total. The molecule has 2 rings (SSSR count). The lowest BCUT2D eigenvalue weighted by Crippen LogP contribution is -2.09. The second-order valence-electron chi connectivity index (χ2n) is 11.1. The average molecular weight is 407 g/mol. The van der Waals surface area contributed by atoms with Gasteiger partial charge < -0.3 is 0 Å². The van der Waals surface area contributed by atoms with Crippen LogP contribution in [-0.2, 0) is 0 Å². The van der Waals surface area contributed by atoms with Gasteiger partial charge in [-0.3, -0.25) is 0 Å². The zero-order chi connectivity index (χ0) is 22.9. The van der Waals surface area contributed by atoms with Crippen molar-refractivity contribution in [3.8, 4) is 11.1 Å². The Morgan fingerprint density at radius 2 is 0.767 bits per heavy atom. The van der Waals surface area contributed by atoms with Gasteiger partial charge >= 0.3 is 0 Å². The highest BCUT2D eigenvalue weighted by molar-refractivity contribution is 5.78. The average Bonchev–Trinajstić information content (AvgIpc) is 2.65. The van der Waals surface area contributed by atoms with Crippen LogP contribution in [0.25, 0.3) is 11.1 Å². The lowest BCUT2D eigenvalue weighted by Gasteiger charge is -2.29. The first-order valence-electron chi connectivity index (χ1n) is 12.2. The van der Waals surface area contributed by atoms with Crippen LogP contribution in [0.3, 0.4) is 0 Å². The molecular weight excluding hydrogens is 360 g/mol. The predicted octanol–water partition coefficient (Wildman–Crippen LogP) is 10.1. The molecule has 0 aromatic heterocycles. The van der Waals surface area contributed by atoms with Crippen LogP contribution >= 0.6 is 0 Å². The van der Waals surface area contributed by atoms with Crippen LogP contribution in [0, 0.1) is 0 Å². The molecule has 0 aliphatic rings. The van der Waals surface area contributed by atoms with Gasteiger partial charge in [0.05, 0.1) is 0 Å². The second-order valence-corrected chi connectivity index (χ2v) is 11.1. The summed E-state index contributed by atoms with van der Waals surface area (Å²) in [5.41, 5.74) is 12.1. The number of hydrogen-bond donors (Lipinski definition) is 0. The first kappa shape index (κ1) is 24.7. The Bertz CT molecular complexity index is 831. The van der Waals surface area contributed by atoms with E-state index in [0.29, 0.717) is 35.5 Å². The van der Waals surface area contributed by atoms with Crippen molar-refractivity contribution in [3.63, 3.8) is 0 Å². The molecule has 2 aromatic rings. The van der Waals surface area contributed by atoms with Crippen LogP contribution in [0.5, 0.6) is 0 Å². The molecule has 0 bridgehead atoms. The largest absolute Gasteiger partial charge is 0.0587 e. The van der Waals surface area contributed by atoms with Crippen molar-refractivity contribution in [2.24, 2.45) is 0 Å². The van der Waals surface area contributed by atoms with E-state index in [1.807, 2.05) is 0 Å². The number of rotatable bonds is 7. The standard InChI is InChI=1S/C30H46/c1-17(2)23-14-26(20(7)8)30(27(15-23)21(9)10)28-16-24(18(3)4)13-25(19(5)6)29(28)22(11)12/h13-22H,1-12H3. The van der Waals surface area contributed by atoms with Crippen LogP contribution in [0.2, 0.25) is 0 Å². The summed E-state index contributed by atoms with van der Waals surface area (Å²) in [7, 11) is 0. The molecule has 0 unspecified atom stereocenters. The van der Waals surface area contributed by atoms with E-state index < -0.39 is 0 Å². The topological polar surface area (TPSA) is 0 Å². The summed E-state index contributed by atoms with van der Waals surface area (Å²) in [4.78, 5) is 0. The molecule has 0 atom stereocenters. The minimum atomic E-state index is 0.501. The van der Waals surface area contributed by atoms with Gasteiger partial charge in [0.25, 0.3) is 0 Å². The van der Waals surface area contributed by atoms with E-state index in [-0.39, 0.29) is 0 Å². The highest BCUT2D eigenvalue weighted by Crippen LogP contribution is 2.44. The maximum absolute atomic E-state index is 2.52. The van der Waals surface area contributed by atoms with Gasteiger partial charge in [-0.25, -0.2) is 0 Å². The minimum absolute atomic E-state index is 0.501. The van der Waals surface area contributed by atoms with Crippen LogP contribution in [0.1, 0.15) is 152 Å². The summed E-state index contributed by atoms with van der Waals surface area (Å²) in [5.74, 6) is 3.11.